The Morgan fingerprint density at radius 1 is 1.38 bits per heavy atom. The molecule has 21 heavy (non-hydrogen) atoms. The van der Waals surface area contributed by atoms with E-state index in [-0.39, 0.29) is 6.42 Å². The summed E-state index contributed by atoms with van der Waals surface area (Å²) in [7, 11) is 1.29. The Morgan fingerprint density at radius 2 is 2.14 bits per heavy atom. The van der Waals surface area contributed by atoms with Gasteiger partial charge in [-0.3, -0.25) is 4.79 Å². The van der Waals surface area contributed by atoms with Gasteiger partial charge in [-0.1, -0.05) is 18.2 Å². The number of esters is 1. The zero-order valence-corrected chi connectivity index (χ0v) is 11.9. The zero-order chi connectivity index (χ0) is 15.5. The first-order valence-corrected chi connectivity index (χ1v) is 6.92. The molecule has 7 heteroatoms. The first kappa shape index (κ1) is 15.5. The molecule has 1 aromatic heterocycles. The third kappa shape index (κ3) is 4.29. The normalized spacial score (nSPS) is 11.4. The van der Waals surface area contributed by atoms with Crippen LogP contribution >= 0.6 is 11.3 Å². The molecule has 0 saturated heterocycles. The highest BCUT2D eigenvalue weighted by atomic mass is 32.1. The lowest BCUT2D eigenvalue weighted by Gasteiger charge is -2.07. The van der Waals surface area contributed by atoms with E-state index in [9.17, 15) is 18.0 Å². The minimum atomic E-state index is -4.35. The van der Waals surface area contributed by atoms with Gasteiger partial charge in [-0.2, -0.15) is 13.2 Å². The number of carbonyl (C=O) groups excluding carboxylic acids is 1. The molecule has 3 nitrogen and oxygen atoms in total. The summed E-state index contributed by atoms with van der Waals surface area (Å²) in [4.78, 5) is 15.3. The lowest BCUT2D eigenvalue weighted by Crippen LogP contribution is -2.05. The minimum absolute atomic E-state index is 0.0651. The molecule has 2 aromatic rings. The molecular weight excluding hydrogens is 303 g/mol. The second kappa shape index (κ2) is 6.26. The maximum absolute atomic E-state index is 12.6. The average Bonchev–Trinajstić information content (AvgIpc) is 2.85. The Balaban J connectivity index is 2.10. The standard InChI is InChI=1S/C14H12F3NO2S/c1-20-13(19)7-11-8-21-12(18-11)6-9-3-2-4-10(5-9)14(15,16)17/h2-5,8H,6-7H2,1H3. The summed E-state index contributed by atoms with van der Waals surface area (Å²) < 4.78 is 42.4. The summed E-state index contributed by atoms with van der Waals surface area (Å²) in [5, 5.41) is 2.37. The first-order valence-electron chi connectivity index (χ1n) is 6.04. The number of benzene rings is 1. The number of hydrogen-bond donors (Lipinski definition) is 0. The Morgan fingerprint density at radius 3 is 2.81 bits per heavy atom. The fourth-order valence-electron chi connectivity index (χ4n) is 1.76. The van der Waals surface area contributed by atoms with Crippen LogP contribution in [-0.4, -0.2) is 18.1 Å². The van der Waals surface area contributed by atoms with Gasteiger partial charge in [0.05, 0.1) is 29.8 Å². The number of alkyl halides is 3. The highest BCUT2D eigenvalue weighted by Gasteiger charge is 2.30. The van der Waals surface area contributed by atoms with E-state index in [4.69, 9.17) is 0 Å². The molecule has 0 saturated carbocycles. The Hall–Kier alpha value is -1.89. The van der Waals surface area contributed by atoms with Gasteiger partial charge in [0.1, 0.15) is 0 Å². The van der Waals surface area contributed by atoms with Crippen molar-refractivity contribution in [2.75, 3.05) is 7.11 Å². The lowest BCUT2D eigenvalue weighted by molar-refractivity contribution is -0.140. The molecule has 0 aliphatic rings. The van der Waals surface area contributed by atoms with Crippen LogP contribution in [-0.2, 0) is 28.5 Å². The van der Waals surface area contributed by atoms with Crippen molar-refractivity contribution >= 4 is 17.3 Å². The molecule has 0 unspecified atom stereocenters. The molecular formula is C14H12F3NO2S. The fourth-order valence-corrected chi connectivity index (χ4v) is 2.59. The molecule has 1 heterocycles. The third-order valence-corrected chi connectivity index (χ3v) is 3.66. The predicted molar refractivity (Wildman–Crippen MR) is 72.1 cm³/mol. The number of methoxy groups -OCH3 is 1. The van der Waals surface area contributed by atoms with E-state index in [1.165, 1.54) is 24.5 Å². The van der Waals surface area contributed by atoms with Gasteiger partial charge < -0.3 is 4.74 Å². The van der Waals surface area contributed by atoms with Gasteiger partial charge in [0.2, 0.25) is 0 Å². The Kier molecular flexibility index (Phi) is 4.62. The largest absolute Gasteiger partial charge is 0.469 e. The quantitative estimate of drug-likeness (QED) is 0.811. The van der Waals surface area contributed by atoms with E-state index < -0.39 is 17.7 Å². The number of nitrogens with zero attached hydrogens (tertiary/aromatic N) is 1. The number of carbonyl (C=O) groups is 1. The van der Waals surface area contributed by atoms with E-state index in [2.05, 4.69) is 9.72 Å². The van der Waals surface area contributed by atoms with Crippen molar-refractivity contribution in [2.45, 2.75) is 19.0 Å². The van der Waals surface area contributed by atoms with Gasteiger partial charge in [-0.15, -0.1) is 11.3 Å². The van der Waals surface area contributed by atoms with Crippen molar-refractivity contribution in [1.29, 1.82) is 0 Å². The third-order valence-electron chi connectivity index (χ3n) is 2.76. The van der Waals surface area contributed by atoms with Crippen LogP contribution in [0.2, 0.25) is 0 Å². The van der Waals surface area contributed by atoms with Crippen molar-refractivity contribution in [3.05, 3.63) is 51.5 Å². The maximum Gasteiger partial charge on any atom is 0.416 e. The van der Waals surface area contributed by atoms with E-state index in [1.54, 1.807) is 11.4 Å². The van der Waals surface area contributed by atoms with E-state index in [0.29, 0.717) is 22.7 Å². The van der Waals surface area contributed by atoms with Crippen LogP contribution < -0.4 is 0 Å². The SMILES string of the molecule is COC(=O)Cc1csc(Cc2cccc(C(F)(F)F)c2)n1. The van der Waals surface area contributed by atoms with Crippen LogP contribution in [0.4, 0.5) is 13.2 Å². The highest BCUT2D eigenvalue weighted by molar-refractivity contribution is 7.09. The number of rotatable bonds is 4. The van der Waals surface area contributed by atoms with Crippen LogP contribution in [0, 0.1) is 0 Å². The molecule has 0 fully saturated rings. The van der Waals surface area contributed by atoms with Gasteiger partial charge >= 0.3 is 12.1 Å². The second-order valence-corrected chi connectivity index (χ2v) is 5.30. The van der Waals surface area contributed by atoms with Gasteiger partial charge in [0.25, 0.3) is 0 Å². The topological polar surface area (TPSA) is 39.2 Å². The van der Waals surface area contributed by atoms with E-state index >= 15 is 0 Å². The molecule has 0 aliphatic carbocycles. The lowest BCUT2D eigenvalue weighted by atomic mass is 10.1. The van der Waals surface area contributed by atoms with Gasteiger partial charge in [-0.25, -0.2) is 4.98 Å². The molecule has 0 spiro atoms. The van der Waals surface area contributed by atoms with Gasteiger partial charge in [-0.05, 0) is 11.6 Å². The van der Waals surface area contributed by atoms with Crippen LogP contribution in [0.3, 0.4) is 0 Å². The van der Waals surface area contributed by atoms with Crippen LogP contribution in [0.25, 0.3) is 0 Å². The van der Waals surface area contributed by atoms with Crippen LogP contribution in [0.5, 0.6) is 0 Å². The van der Waals surface area contributed by atoms with Crippen molar-refractivity contribution in [1.82, 2.24) is 4.98 Å². The molecule has 112 valence electrons. The predicted octanol–water partition coefficient (Wildman–Crippen LogP) is 3.47. The number of ether oxygens (including phenoxy) is 1. The summed E-state index contributed by atoms with van der Waals surface area (Å²) in [6.07, 6.45) is -3.99. The van der Waals surface area contributed by atoms with E-state index in [0.717, 1.165) is 12.1 Å². The fraction of sp³-hybridized carbons (Fsp3) is 0.286. The molecule has 0 bridgehead atoms. The van der Waals surface area contributed by atoms with E-state index in [1.807, 2.05) is 0 Å². The summed E-state index contributed by atoms with van der Waals surface area (Å²) in [6.45, 7) is 0. The second-order valence-electron chi connectivity index (χ2n) is 4.36. The van der Waals surface area contributed by atoms with Crippen LogP contribution in [0.15, 0.2) is 29.6 Å². The number of thiazole rings is 1. The molecule has 0 N–H and O–H groups in total. The van der Waals surface area contributed by atoms with Gasteiger partial charge in [0.15, 0.2) is 0 Å². The highest BCUT2D eigenvalue weighted by Crippen LogP contribution is 2.30. The summed E-state index contributed by atoms with van der Waals surface area (Å²) in [5.41, 5.74) is 0.420. The summed E-state index contributed by atoms with van der Waals surface area (Å²) >= 11 is 1.31. The van der Waals surface area contributed by atoms with Crippen molar-refractivity contribution < 1.29 is 22.7 Å². The molecule has 1 aromatic carbocycles. The maximum atomic E-state index is 12.6. The summed E-state index contributed by atoms with van der Waals surface area (Å²) in [5.74, 6) is -0.397. The number of hydrogen-bond acceptors (Lipinski definition) is 4. The average molecular weight is 315 g/mol. The molecule has 0 amide bonds. The number of halogens is 3. The molecule has 0 radical (unpaired) electrons. The molecule has 2 rings (SSSR count). The molecule has 0 atom stereocenters. The monoisotopic (exact) mass is 315 g/mol. The molecule has 0 aliphatic heterocycles. The van der Waals surface area contributed by atoms with Crippen molar-refractivity contribution in [3.8, 4) is 0 Å². The van der Waals surface area contributed by atoms with Crippen molar-refractivity contribution in [2.24, 2.45) is 0 Å². The Bertz CT molecular complexity index is 637. The van der Waals surface area contributed by atoms with Crippen molar-refractivity contribution in [3.63, 3.8) is 0 Å². The first-order chi connectivity index (χ1) is 9.88. The van der Waals surface area contributed by atoms with Crippen LogP contribution in [0.1, 0.15) is 21.8 Å². The van der Waals surface area contributed by atoms with Gasteiger partial charge in [0, 0.05) is 11.8 Å². The zero-order valence-electron chi connectivity index (χ0n) is 11.1. The smallest absolute Gasteiger partial charge is 0.416 e. The summed E-state index contributed by atoms with van der Waals surface area (Å²) in [6, 6.07) is 5.15. The Labute approximate surface area is 123 Å². The minimum Gasteiger partial charge on any atom is -0.469 e. The number of aromatic nitrogens is 1.